The van der Waals surface area contributed by atoms with E-state index in [9.17, 15) is 4.79 Å². The van der Waals surface area contributed by atoms with Crippen LogP contribution in [0.3, 0.4) is 0 Å². The van der Waals surface area contributed by atoms with Crippen LogP contribution in [0.4, 0.5) is 0 Å². The molecule has 0 spiro atoms. The van der Waals surface area contributed by atoms with Crippen molar-refractivity contribution >= 4 is 17.2 Å². The number of amides is 1. The fourth-order valence-electron chi connectivity index (χ4n) is 1.95. The number of hydrogen-bond acceptors (Lipinski definition) is 4. The largest absolute Gasteiger partial charge is 0.347 e. The Morgan fingerprint density at radius 2 is 2.05 bits per heavy atom. The van der Waals surface area contributed by atoms with Crippen molar-refractivity contribution in [3.8, 4) is 0 Å². The highest BCUT2D eigenvalue weighted by atomic mass is 32.1. The van der Waals surface area contributed by atoms with Gasteiger partial charge in [0.05, 0.1) is 10.7 Å². The van der Waals surface area contributed by atoms with Crippen molar-refractivity contribution in [2.75, 3.05) is 0 Å². The first-order valence-corrected chi connectivity index (χ1v) is 7.85. The Kier molecular flexibility index (Phi) is 4.73. The van der Waals surface area contributed by atoms with Gasteiger partial charge in [-0.1, -0.05) is 6.07 Å². The van der Waals surface area contributed by atoms with Gasteiger partial charge in [-0.3, -0.25) is 9.78 Å². The third-order valence-corrected chi connectivity index (χ3v) is 4.07. The Bertz CT molecular complexity index is 614. The Morgan fingerprint density at radius 3 is 2.67 bits per heavy atom. The van der Waals surface area contributed by atoms with E-state index in [1.165, 1.54) is 11.3 Å². The highest BCUT2D eigenvalue weighted by Crippen LogP contribution is 2.20. The summed E-state index contributed by atoms with van der Waals surface area (Å²) < 4.78 is 0. The van der Waals surface area contributed by atoms with Gasteiger partial charge in [0.2, 0.25) is 0 Å². The molecule has 5 heteroatoms. The lowest BCUT2D eigenvalue weighted by Crippen LogP contribution is -2.40. The molecule has 0 radical (unpaired) electrons. The maximum absolute atomic E-state index is 12.2. The summed E-state index contributed by atoms with van der Waals surface area (Å²) in [5.74, 6) is -0.0402. The molecule has 21 heavy (non-hydrogen) atoms. The summed E-state index contributed by atoms with van der Waals surface area (Å²) in [6.45, 7) is 7.81. The number of aromatic nitrogens is 2. The molecule has 4 nitrogen and oxygen atoms in total. The topological polar surface area (TPSA) is 54.9 Å². The van der Waals surface area contributed by atoms with Crippen molar-refractivity contribution in [1.29, 1.82) is 0 Å². The van der Waals surface area contributed by atoms with Crippen molar-refractivity contribution in [1.82, 2.24) is 15.3 Å². The summed E-state index contributed by atoms with van der Waals surface area (Å²) in [7, 11) is 0. The molecule has 0 aliphatic heterocycles. The van der Waals surface area contributed by atoms with E-state index in [1.807, 2.05) is 45.9 Å². The summed E-state index contributed by atoms with van der Waals surface area (Å²) in [5.41, 5.74) is 1.62. The van der Waals surface area contributed by atoms with Crippen LogP contribution >= 0.6 is 11.3 Å². The van der Waals surface area contributed by atoms with Crippen molar-refractivity contribution in [3.63, 3.8) is 0 Å². The van der Waals surface area contributed by atoms with Crippen molar-refractivity contribution in [3.05, 3.63) is 45.7 Å². The first-order valence-electron chi connectivity index (χ1n) is 7.04. The van der Waals surface area contributed by atoms with Crippen molar-refractivity contribution in [2.45, 2.75) is 46.1 Å². The standard InChI is InChI=1S/C16H21N3OS/c1-11-14(15(20)19-16(2,3)4)21-13(18-11)9-8-12-7-5-6-10-17-12/h5-7,10H,8-9H2,1-4H3,(H,19,20). The summed E-state index contributed by atoms with van der Waals surface area (Å²) in [4.78, 5) is 21.7. The van der Waals surface area contributed by atoms with E-state index in [-0.39, 0.29) is 11.4 Å². The number of hydrogen-bond donors (Lipinski definition) is 1. The SMILES string of the molecule is Cc1nc(CCc2ccccn2)sc1C(=O)NC(C)(C)C. The average Bonchev–Trinajstić information content (AvgIpc) is 2.77. The van der Waals surface area contributed by atoms with Crippen LogP contribution < -0.4 is 5.32 Å². The third kappa shape index (κ3) is 4.63. The smallest absolute Gasteiger partial charge is 0.263 e. The molecule has 0 bridgehead atoms. The molecule has 0 fully saturated rings. The van der Waals surface area contributed by atoms with E-state index in [0.717, 1.165) is 29.2 Å². The second-order valence-corrected chi connectivity index (χ2v) is 7.13. The molecule has 0 saturated heterocycles. The van der Waals surface area contributed by atoms with Crippen LogP contribution in [0, 0.1) is 6.92 Å². The van der Waals surface area contributed by atoms with Crippen LogP contribution in [0.2, 0.25) is 0 Å². The van der Waals surface area contributed by atoms with Crippen molar-refractivity contribution < 1.29 is 4.79 Å². The van der Waals surface area contributed by atoms with Crippen LogP contribution in [0.5, 0.6) is 0 Å². The van der Waals surface area contributed by atoms with Crippen LogP contribution in [0.15, 0.2) is 24.4 Å². The lowest BCUT2D eigenvalue weighted by Gasteiger charge is -2.19. The molecule has 1 N–H and O–H groups in total. The van der Waals surface area contributed by atoms with Gasteiger partial charge in [0.1, 0.15) is 4.88 Å². The van der Waals surface area contributed by atoms with Gasteiger partial charge in [0, 0.05) is 23.9 Å². The second kappa shape index (κ2) is 6.35. The van der Waals surface area contributed by atoms with Gasteiger partial charge in [-0.15, -0.1) is 11.3 Å². The number of carbonyl (C=O) groups is 1. The molecule has 112 valence electrons. The molecular weight excluding hydrogens is 282 g/mol. The van der Waals surface area contributed by atoms with E-state index < -0.39 is 0 Å². The van der Waals surface area contributed by atoms with Crippen LogP contribution in [-0.4, -0.2) is 21.4 Å². The van der Waals surface area contributed by atoms with E-state index in [4.69, 9.17) is 0 Å². The number of nitrogens with one attached hydrogen (secondary N) is 1. The zero-order valence-electron chi connectivity index (χ0n) is 12.9. The highest BCUT2D eigenvalue weighted by molar-refractivity contribution is 7.13. The Hall–Kier alpha value is -1.75. The van der Waals surface area contributed by atoms with Gasteiger partial charge in [-0.05, 0) is 46.2 Å². The molecule has 2 heterocycles. The van der Waals surface area contributed by atoms with E-state index in [1.54, 1.807) is 6.20 Å². The monoisotopic (exact) mass is 303 g/mol. The summed E-state index contributed by atoms with van der Waals surface area (Å²) in [6.07, 6.45) is 3.45. The predicted molar refractivity (Wildman–Crippen MR) is 85.7 cm³/mol. The predicted octanol–water partition coefficient (Wildman–Crippen LogP) is 3.16. The Balaban J connectivity index is 2.04. The average molecular weight is 303 g/mol. The molecule has 2 rings (SSSR count). The van der Waals surface area contributed by atoms with Crippen LogP contribution in [0.1, 0.15) is 46.8 Å². The number of nitrogens with zero attached hydrogens (tertiary/aromatic N) is 2. The molecule has 0 aromatic carbocycles. The van der Waals surface area contributed by atoms with Gasteiger partial charge < -0.3 is 5.32 Å². The number of thiazole rings is 1. The highest BCUT2D eigenvalue weighted by Gasteiger charge is 2.20. The lowest BCUT2D eigenvalue weighted by atomic mass is 10.1. The van der Waals surface area contributed by atoms with E-state index >= 15 is 0 Å². The van der Waals surface area contributed by atoms with Crippen LogP contribution in [0.25, 0.3) is 0 Å². The maximum atomic E-state index is 12.2. The molecule has 0 unspecified atom stereocenters. The number of pyridine rings is 1. The van der Waals surface area contributed by atoms with Gasteiger partial charge in [-0.2, -0.15) is 0 Å². The minimum atomic E-state index is -0.234. The number of aryl methyl sites for hydroxylation is 3. The molecular formula is C16H21N3OS. The molecule has 0 saturated carbocycles. The Morgan fingerprint density at radius 1 is 1.29 bits per heavy atom. The summed E-state index contributed by atoms with van der Waals surface area (Å²) in [5, 5.41) is 3.97. The van der Waals surface area contributed by atoms with Crippen molar-refractivity contribution in [2.24, 2.45) is 0 Å². The van der Waals surface area contributed by atoms with Crippen LogP contribution in [-0.2, 0) is 12.8 Å². The summed E-state index contributed by atoms with van der Waals surface area (Å²) >= 11 is 1.48. The summed E-state index contributed by atoms with van der Waals surface area (Å²) in [6, 6.07) is 5.90. The quantitative estimate of drug-likeness (QED) is 0.944. The van der Waals surface area contributed by atoms with Gasteiger partial charge in [0.15, 0.2) is 0 Å². The van der Waals surface area contributed by atoms with E-state index in [0.29, 0.717) is 4.88 Å². The van der Waals surface area contributed by atoms with Gasteiger partial charge in [-0.25, -0.2) is 4.98 Å². The van der Waals surface area contributed by atoms with Gasteiger partial charge in [0.25, 0.3) is 5.91 Å². The van der Waals surface area contributed by atoms with E-state index in [2.05, 4.69) is 15.3 Å². The zero-order valence-corrected chi connectivity index (χ0v) is 13.8. The lowest BCUT2D eigenvalue weighted by molar-refractivity contribution is 0.0923. The molecule has 2 aromatic rings. The maximum Gasteiger partial charge on any atom is 0.263 e. The molecule has 0 aliphatic carbocycles. The molecule has 0 atom stereocenters. The minimum Gasteiger partial charge on any atom is -0.347 e. The molecule has 0 aliphatic rings. The fourth-order valence-corrected chi connectivity index (χ4v) is 2.91. The molecule has 2 aromatic heterocycles. The number of rotatable bonds is 4. The Labute approximate surface area is 129 Å². The van der Waals surface area contributed by atoms with Gasteiger partial charge >= 0.3 is 0 Å². The zero-order chi connectivity index (χ0) is 15.5. The normalized spacial score (nSPS) is 11.4. The fraction of sp³-hybridized carbons (Fsp3) is 0.438. The first-order chi connectivity index (χ1) is 9.85. The first kappa shape index (κ1) is 15.6. The third-order valence-electron chi connectivity index (χ3n) is 2.86. The minimum absolute atomic E-state index is 0.0402. The molecule has 1 amide bonds. The second-order valence-electron chi connectivity index (χ2n) is 6.05. The number of carbonyl (C=O) groups excluding carboxylic acids is 1.